The molecule has 0 spiro atoms. The lowest BCUT2D eigenvalue weighted by Gasteiger charge is -2.29. The van der Waals surface area contributed by atoms with Crippen molar-refractivity contribution in [1.82, 2.24) is 0 Å². The van der Waals surface area contributed by atoms with E-state index in [4.69, 9.17) is 80.4 Å². The highest BCUT2D eigenvalue weighted by atomic mass is 35.5. The van der Waals surface area contributed by atoms with Crippen molar-refractivity contribution in [3.8, 4) is 17.2 Å². The van der Waals surface area contributed by atoms with E-state index in [-0.39, 0.29) is 32.1 Å². The van der Waals surface area contributed by atoms with E-state index in [1.165, 1.54) is 75.9 Å². The van der Waals surface area contributed by atoms with Gasteiger partial charge in [0.05, 0.1) is 38.4 Å². The molecule has 17 heteroatoms. The second-order valence-corrected chi connectivity index (χ2v) is 9.91. The first-order valence-corrected chi connectivity index (χ1v) is 12.9. The fraction of sp³-hybridized carbons (Fsp3) is 0.143. The quantitative estimate of drug-likeness (QED) is 0.143. The number of phosphoric acid groups is 1. The third kappa shape index (κ3) is 7.91. The van der Waals surface area contributed by atoms with Gasteiger partial charge in [0.2, 0.25) is 0 Å². The predicted molar refractivity (Wildman–Crippen MR) is 145 cm³/mol. The van der Waals surface area contributed by atoms with Gasteiger partial charge in [0.25, 0.3) is 0 Å². The van der Waals surface area contributed by atoms with Crippen LogP contribution in [0.15, 0.2) is 54.6 Å². The third-order valence-electron chi connectivity index (χ3n) is 4.60. The zero-order valence-corrected chi connectivity index (χ0v) is 23.4. The van der Waals surface area contributed by atoms with E-state index in [0.717, 1.165) is 0 Å². The molecule has 3 aromatic rings. The largest absolute Gasteiger partial charge is 0.543 e. The molecule has 0 aromatic heterocycles. The number of benzene rings is 3. The standard InChI is InChI=1S/C21H24Cl3N6O7P/c1-32-19-7-13(22)4-16(10-19)28(25)35-38(31,36-29(26)17-5-14(23)8-20(11-17)33-2)37-30(27)18-6-15(24)9-21(12-18)34-3/h4-12H,25-27H2,1-3H3. The summed E-state index contributed by atoms with van der Waals surface area (Å²) in [4.78, 5) is 0. The second kappa shape index (κ2) is 12.9. The highest BCUT2D eigenvalue weighted by molar-refractivity contribution is 7.48. The molecule has 206 valence electrons. The van der Waals surface area contributed by atoms with Crippen molar-refractivity contribution in [2.45, 2.75) is 0 Å². The molecule has 0 aliphatic rings. The normalized spacial score (nSPS) is 11.2. The van der Waals surface area contributed by atoms with Crippen LogP contribution in [0.25, 0.3) is 0 Å². The van der Waals surface area contributed by atoms with Crippen LogP contribution in [-0.2, 0) is 18.4 Å². The summed E-state index contributed by atoms with van der Waals surface area (Å²) in [7, 11) is -0.583. The van der Waals surface area contributed by atoms with Crippen molar-refractivity contribution in [1.29, 1.82) is 0 Å². The Morgan fingerprint density at radius 3 is 1.05 bits per heavy atom. The van der Waals surface area contributed by atoms with Gasteiger partial charge in [0.1, 0.15) is 17.2 Å². The van der Waals surface area contributed by atoms with Gasteiger partial charge >= 0.3 is 7.82 Å². The molecular formula is C21H24Cl3N6O7P. The lowest BCUT2D eigenvalue weighted by Crippen LogP contribution is -2.38. The number of methoxy groups -OCH3 is 3. The molecule has 13 nitrogen and oxygen atoms in total. The van der Waals surface area contributed by atoms with Gasteiger partial charge in [-0.1, -0.05) is 34.8 Å². The summed E-state index contributed by atoms with van der Waals surface area (Å²) in [5.74, 6) is 19.0. The first-order valence-electron chi connectivity index (χ1n) is 10.3. The summed E-state index contributed by atoms with van der Waals surface area (Å²) in [6.07, 6.45) is 0. The molecule has 0 amide bonds. The van der Waals surface area contributed by atoms with Gasteiger partial charge in [-0.15, -0.1) is 13.9 Å². The maximum Gasteiger partial charge on any atom is 0.543 e. The average Bonchev–Trinajstić information content (AvgIpc) is 2.87. The summed E-state index contributed by atoms with van der Waals surface area (Å²) in [5.41, 5.74) is 0.341. The van der Waals surface area contributed by atoms with Crippen LogP contribution in [0.4, 0.5) is 17.1 Å². The minimum absolute atomic E-state index is 0.114. The topological polar surface area (TPSA) is 160 Å². The molecule has 0 bridgehead atoms. The Morgan fingerprint density at radius 2 is 0.816 bits per heavy atom. The fourth-order valence-electron chi connectivity index (χ4n) is 2.89. The fourth-order valence-corrected chi connectivity index (χ4v) is 4.57. The maximum atomic E-state index is 13.9. The molecule has 38 heavy (non-hydrogen) atoms. The van der Waals surface area contributed by atoms with Crippen LogP contribution in [0, 0.1) is 0 Å². The Bertz CT molecular complexity index is 1170. The van der Waals surface area contributed by atoms with Crippen LogP contribution in [0.2, 0.25) is 15.1 Å². The number of nitrogens with zero attached hydrogens (tertiary/aromatic N) is 3. The van der Waals surface area contributed by atoms with Crippen molar-refractivity contribution >= 4 is 59.7 Å². The molecular weight excluding hydrogens is 586 g/mol. The van der Waals surface area contributed by atoms with Crippen molar-refractivity contribution in [3.05, 3.63) is 69.7 Å². The van der Waals surface area contributed by atoms with E-state index < -0.39 is 7.82 Å². The summed E-state index contributed by atoms with van der Waals surface area (Å²) in [6, 6.07) is 13.1. The molecule has 0 heterocycles. The molecule has 0 saturated carbocycles. The lowest BCUT2D eigenvalue weighted by atomic mass is 10.3. The number of anilines is 3. The number of hydrazine groups is 3. The number of hydrogen-bond acceptors (Lipinski definition) is 13. The van der Waals surface area contributed by atoms with Crippen LogP contribution < -0.4 is 47.3 Å². The van der Waals surface area contributed by atoms with Gasteiger partial charge in [0, 0.05) is 33.3 Å². The smallest absolute Gasteiger partial charge is 0.497 e. The third-order valence-corrected chi connectivity index (χ3v) is 6.39. The highest BCUT2D eigenvalue weighted by Crippen LogP contribution is 2.52. The van der Waals surface area contributed by atoms with E-state index in [1.807, 2.05) is 0 Å². The Balaban J connectivity index is 1.95. The van der Waals surface area contributed by atoms with Crippen LogP contribution in [0.3, 0.4) is 0 Å². The van der Waals surface area contributed by atoms with E-state index >= 15 is 0 Å². The van der Waals surface area contributed by atoms with Crippen LogP contribution in [0.5, 0.6) is 17.2 Å². The molecule has 0 radical (unpaired) electrons. The minimum atomic E-state index is -4.85. The van der Waals surface area contributed by atoms with Gasteiger partial charge in [-0.3, -0.25) is 0 Å². The SMILES string of the molecule is COc1cc(Cl)cc(N(N)OP(=O)(ON(N)c2cc(Cl)cc(OC)c2)ON(N)c2cc(Cl)cc(OC)c2)c1. The van der Waals surface area contributed by atoms with Gasteiger partial charge in [0.15, 0.2) is 0 Å². The van der Waals surface area contributed by atoms with Crippen molar-refractivity contribution in [2.75, 3.05) is 36.8 Å². The first kappa shape index (κ1) is 29.9. The monoisotopic (exact) mass is 608 g/mol. The Hall–Kier alpha value is -2.68. The average molecular weight is 610 g/mol. The first-order chi connectivity index (χ1) is 17.9. The Kier molecular flexibility index (Phi) is 10.2. The Labute approximate surface area is 233 Å². The summed E-state index contributed by atoms with van der Waals surface area (Å²) >= 11 is 18.3. The number of halogens is 3. The van der Waals surface area contributed by atoms with Crippen molar-refractivity contribution in [3.63, 3.8) is 0 Å². The van der Waals surface area contributed by atoms with Crippen molar-refractivity contribution < 1.29 is 32.6 Å². The van der Waals surface area contributed by atoms with Gasteiger partial charge in [-0.05, 0) is 36.4 Å². The van der Waals surface area contributed by atoms with Crippen LogP contribution >= 0.6 is 42.6 Å². The number of rotatable bonds is 12. The second-order valence-electron chi connectivity index (χ2n) is 7.22. The van der Waals surface area contributed by atoms with Crippen LogP contribution in [0.1, 0.15) is 0 Å². The number of ether oxygens (including phenoxy) is 3. The molecule has 0 aliphatic carbocycles. The summed E-state index contributed by atoms with van der Waals surface area (Å²) in [5, 5.41) is 2.46. The van der Waals surface area contributed by atoms with Gasteiger partial charge in [-0.25, -0.2) is 22.1 Å². The molecule has 3 aromatic carbocycles. The minimum Gasteiger partial charge on any atom is -0.497 e. The molecule has 3 rings (SSSR count). The molecule has 0 fully saturated rings. The van der Waals surface area contributed by atoms with Crippen LogP contribution in [-0.4, -0.2) is 21.3 Å². The molecule has 0 aliphatic heterocycles. The highest BCUT2D eigenvalue weighted by Gasteiger charge is 2.37. The number of hydrogen-bond donors (Lipinski definition) is 3. The predicted octanol–water partition coefficient (Wildman–Crippen LogP) is 5.02. The van der Waals surface area contributed by atoms with Gasteiger partial charge < -0.3 is 14.2 Å². The molecule has 6 N–H and O–H groups in total. The van der Waals surface area contributed by atoms with E-state index in [9.17, 15) is 4.57 Å². The molecule has 0 atom stereocenters. The molecule has 0 unspecified atom stereocenters. The number of nitrogens with two attached hydrogens (primary N) is 3. The lowest BCUT2D eigenvalue weighted by molar-refractivity contribution is 0.0859. The van der Waals surface area contributed by atoms with Crippen molar-refractivity contribution in [2.24, 2.45) is 17.5 Å². The van der Waals surface area contributed by atoms with E-state index in [1.54, 1.807) is 0 Å². The Morgan fingerprint density at radius 1 is 0.553 bits per heavy atom. The maximum absolute atomic E-state index is 13.9. The zero-order chi connectivity index (χ0) is 28.0. The summed E-state index contributed by atoms with van der Waals surface area (Å²) in [6.45, 7) is 0. The summed E-state index contributed by atoms with van der Waals surface area (Å²) < 4.78 is 45.5. The van der Waals surface area contributed by atoms with E-state index in [2.05, 4.69) is 0 Å². The van der Waals surface area contributed by atoms with E-state index in [0.29, 0.717) is 32.8 Å². The molecule has 0 saturated heterocycles. The van der Waals surface area contributed by atoms with Gasteiger partial charge in [-0.2, -0.15) is 15.5 Å². The zero-order valence-electron chi connectivity index (χ0n) is 20.2.